The summed E-state index contributed by atoms with van der Waals surface area (Å²) in [5.41, 5.74) is -1.38. The summed E-state index contributed by atoms with van der Waals surface area (Å²) in [6.45, 7) is 5.91. The SMILES string of the molecule is CCN1CCN(c2ccc(S(=O)(=O)[C@@H]3C[C@H](C(=O)NC4(C#N)CC4)N(c4ncccc4C(F)(F)F)C3)c(Cl)c2)CC1. The van der Waals surface area contributed by atoms with Crippen LogP contribution >= 0.6 is 11.6 Å². The highest BCUT2D eigenvalue weighted by atomic mass is 35.5. The fourth-order valence-corrected chi connectivity index (χ4v) is 7.72. The molecular formula is C27H30ClF3N6O3S. The van der Waals surface area contributed by atoms with Gasteiger partial charge >= 0.3 is 6.18 Å². The number of nitrogens with zero attached hydrogens (tertiary/aromatic N) is 5. The summed E-state index contributed by atoms with van der Waals surface area (Å²) in [7, 11) is -4.17. The molecule has 9 nitrogen and oxygen atoms in total. The highest BCUT2D eigenvalue weighted by molar-refractivity contribution is 7.92. The molecule has 1 aromatic carbocycles. The van der Waals surface area contributed by atoms with Crippen LogP contribution in [0.4, 0.5) is 24.7 Å². The molecule has 2 atom stereocenters. The quantitative estimate of drug-likeness (QED) is 0.508. The molecule has 1 amide bonds. The Kier molecular flexibility index (Phi) is 7.86. The molecule has 1 aromatic heterocycles. The van der Waals surface area contributed by atoms with E-state index in [0.717, 1.165) is 61.6 Å². The second kappa shape index (κ2) is 11.0. The van der Waals surface area contributed by atoms with Crippen LogP contribution in [0.25, 0.3) is 0 Å². The molecule has 0 unspecified atom stereocenters. The lowest BCUT2D eigenvalue weighted by Gasteiger charge is -2.35. The largest absolute Gasteiger partial charge is 0.419 e. The van der Waals surface area contributed by atoms with E-state index in [1.165, 1.54) is 6.07 Å². The number of pyridine rings is 1. The van der Waals surface area contributed by atoms with Gasteiger partial charge in [0.05, 0.1) is 26.8 Å². The number of alkyl halides is 3. The Labute approximate surface area is 241 Å². The number of benzene rings is 1. The number of anilines is 2. The maximum Gasteiger partial charge on any atom is 0.419 e. The van der Waals surface area contributed by atoms with Gasteiger partial charge in [-0.25, -0.2) is 13.4 Å². The predicted octanol–water partition coefficient (Wildman–Crippen LogP) is 3.49. The van der Waals surface area contributed by atoms with Gasteiger partial charge in [0.1, 0.15) is 17.4 Å². The van der Waals surface area contributed by atoms with Crippen molar-refractivity contribution in [2.24, 2.45) is 0 Å². The number of halogens is 4. The van der Waals surface area contributed by atoms with Crippen molar-refractivity contribution in [1.82, 2.24) is 15.2 Å². The van der Waals surface area contributed by atoms with Crippen molar-refractivity contribution >= 4 is 38.9 Å². The molecule has 3 fully saturated rings. The Hall–Kier alpha value is -3.08. The number of nitrogens with one attached hydrogen (secondary N) is 1. The van der Waals surface area contributed by atoms with Crippen LogP contribution in [0.3, 0.4) is 0 Å². The zero-order valence-corrected chi connectivity index (χ0v) is 23.9. The Balaban J connectivity index is 1.44. The van der Waals surface area contributed by atoms with Gasteiger partial charge in [-0.15, -0.1) is 0 Å². The topological polar surface area (TPSA) is 110 Å². The average molecular weight is 611 g/mol. The highest BCUT2D eigenvalue weighted by Gasteiger charge is 2.51. The van der Waals surface area contributed by atoms with Crippen LogP contribution in [-0.4, -0.2) is 80.3 Å². The molecule has 2 saturated heterocycles. The third-order valence-corrected chi connectivity index (χ3v) is 10.7. The number of piperazine rings is 1. The van der Waals surface area contributed by atoms with Crippen LogP contribution in [0.5, 0.6) is 0 Å². The van der Waals surface area contributed by atoms with E-state index in [1.807, 2.05) is 6.07 Å². The van der Waals surface area contributed by atoms with Crippen LogP contribution in [-0.2, 0) is 20.8 Å². The molecule has 3 aliphatic rings. The monoisotopic (exact) mass is 610 g/mol. The van der Waals surface area contributed by atoms with Crippen molar-refractivity contribution in [3.63, 3.8) is 0 Å². The number of likely N-dealkylation sites (N-methyl/N-ethyl adjacent to an activating group) is 1. The van der Waals surface area contributed by atoms with Crippen molar-refractivity contribution in [3.8, 4) is 6.07 Å². The van der Waals surface area contributed by atoms with Gasteiger partial charge in [-0.2, -0.15) is 18.4 Å². The first-order chi connectivity index (χ1) is 19.4. The molecule has 0 radical (unpaired) electrons. The first kappa shape index (κ1) is 29.4. The van der Waals surface area contributed by atoms with Crippen LogP contribution in [0.15, 0.2) is 41.4 Å². The number of sulfone groups is 1. The molecular weight excluding hydrogens is 581 g/mol. The molecule has 1 saturated carbocycles. The van der Waals surface area contributed by atoms with Crippen LogP contribution in [0, 0.1) is 11.3 Å². The number of carbonyl (C=O) groups is 1. The lowest BCUT2D eigenvalue weighted by molar-refractivity contribution is -0.137. The molecule has 0 spiro atoms. The van der Waals surface area contributed by atoms with Gasteiger partial charge in [0.2, 0.25) is 5.91 Å². The summed E-state index contributed by atoms with van der Waals surface area (Å²) in [6, 6.07) is 7.40. The van der Waals surface area contributed by atoms with Crippen molar-refractivity contribution in [1.29, 1.82) is 5.26 Å². The van der Waals surface area contributed by atoms with Crippen LogP contribution in [0.2, 0.25) is 5.02 Å². The Morgan fingerprint density at radius 3 is 2.51 bits per heavy atom. The fourth-order valence-electron chi connectivity index (χ4n) is 5.48. The molecule has 5 rings (SSSR count). The van der Waals surface area contributed by atoms with E-state index >= 15 is 0 Å². The molecule has 0 bridgehead atoms. The summed E-state index contributed by atoms with van der Waals surface area (Å²) in [5.74, 6) is -1.25. The highest BCUT2D eigenvalue weighted by Crippen LogP contribution is 2.41. The second-order valence-electron chi connectivity index (χ2n) is 10.7. The standard InChI is InChI=1S/C27H30ClF3N6O3S/c1-2-35-10-12-36(13-11-35)18-5-6-23(21(28)14-18)41(39,40)19-15-22(25(38)34-26(17-32)7-8-26)37(16-19)24-20(27(29,30)31)4-3-9-33-24/h3-6,9,14,19,22H,2,7-8,10-13,15-16H2,1H3,(H,34,38)/t19-,22-/m1/s1. The molecule has 2 aliphatic heterocycles. The van der Waals surface area contributed by atoms with Crippen molar-refractivity contribution in [2.75, 3.05) is 49.1 Å². The summed E-state index contributed by atoms with van der Waals surface area (Å²) in [5, 5.41) is 10.8. The number of aromatic nitrogens is 1. The normalized spacial score (nSPS) is 22.8. The first-order valence-electron chi connectivity index (χ1n) is 13.4. The molecule has 14 heteroatoms. The Morgan fingerprint density at radius 2 is 1.93 bits per heavy atom. The lowest BCUT2D eigenvalue weighted by atomic mass is 10.1. The number of hydrogen-bond donors (Lipinski definition) is 1. The number of rotatable bonds is 7. The van der Waals surface area contributed by atoms with E-state index in [0.29, 0.717) is 12.8 Å². The zero-order valence-electron chi connectivity index (χ0n) is 22.4. The first-order valence-corrected chi connectivity index (χ1v) is 15.3. The van der Waals surface area contributed by atoms with E-state index in [1.54, 1.807) is 12.1 Å². The molecule has 41 heavy (non-hydrogen) atoms. The Bertz CT molecular complexity index is 1470. The molecule has 220 valence electrons. The van der Waals surface area contributed by atoms with Gasteiger partial charge < -0.3 is 20.0 Å². The van der Waals surface area contributed by atoms with Crippen molar-refractivity contribution in [3.05, 3.63) is 47.1 Å². The lowest BCUT2D eigenvalue weighted by Crippen LogP contribution is -2.48. The number of hydrogen-bond acceptors (Lipinski definition) is 8. The van der Waals surface area contributed by atoms with Gasteiger partial charge in [0, 0.05) is 44.6 Å². The maximum absolute atomic E-state index is 13.9. The molecule has 1 N–H and O–H groups in total. The minimum absolute atomic E-state index is 0.00935. The maximum atomic E-state index is 13.9. The average Bonchev–Trinajstić information content (AvgIpc) is 3.57. The van der Waals surface area contributed by atoms with Gasteiger partial charge in [0.15, 0.2) is 9.84 Å². The molecule has 1 aliphatic carbocycles. The number of nitriles is 1. The number of amides is 1. The summed E-state index contributed by atoms with van der Waals surface area (Å²) < 4.78 is 69.4. The second-order valence-corrected chi connectivity index (χ2v) is 13.3. The zero-order chi connectivity index (χ0) is 29.6. The third kappa shape index (κ3) is 5.82. The van der Waals surface area contributed by atoms with E-state index in [9.17, 15) is 31.6 Å². The van der Waals surface area contributed by atoms with E-state index in [2.05, 4.69) is 27.0 Å². The predicted molar refractivity (Wildman–Crippen MR) is 147 cm³/mol. The minimum Gasteiger partial charge on any atom is -0.369 e. The van der Waals surface area contributed by atoms with Gasteiger partial charge in [-0.3, -0.25) is 4.79 Å². The smallest absolute Gasteiger partial charge is 0.369 e. The van der Waals surface area contributed by atoms with Crippen molar-refractivity contribution in [2.45, 2.75) is 54.1 Å². The summed E-state index contributed by atoms with van der Waals surface area (Å²) in [4.78, 5) is 22.6. The van der Waals surface area contributed by atoms with Crippen molar-refractivity contribution < 1.29 is 26.4 Å². The van der Waals surface area contributed by atoms with Crippen LogP contribution in [0.1, 0.15) is 31.7 Å². The van der Waals surface area contributed by atoms with E-state index in [4.69, 9.17) is 11.6 Å². The van der Waals surface area contributed by atoms with Gasteiger partial charge in [0.25, 0.3) is 0 Å². The van der Waals surface area contributed by atoms with E-state index < -0.39 is 56.7 Å². The molecule has 2 aromatic rings. The molecule has 3 heterocycles. The minimum atomic E-state index is -4.78. The third-order valence-electron chi connectivity index (χ3n) is 8.10. The Morgan fingerprint density at radius 1 is 1.22 bits per heavy atom. The van der Waals surface area contributed by atoms with Gasteiger partial charge in [-0.05, 0) is 56.1 Å². The number of carbonyl (C=O) groups excluding carboxylic acids is 1. The summed E-state index contributed by atoms with van der Waals surface area (Å²) in [6.07, 6.45) is -3.09. The van der Waals surface area contributed by atoms with Gasteiger partial charge in [-0.1, -0.05) is 18.5 Å². The fraction of sp³-hybridized carbons (Fsp3) is 0.519. The van der Waals surface area contributed by atoms with Crippen LogP contribution < -0.4 is 15.1 Å². The van der Waals surface area contributed by atoms with E-state index in [-0.39, 0.29) is 16.3 Å². The summed E-state index contributed by atoms with van der Waals surface area (Å²) >= 11 is 6.51.